The number of anilines is 3. The average Bonchev–Trinajstić information content (AvgIpc) is 2.28. The molecule has 1 aromatic carbocycles. The number of nitrogens with zero attached hydrogens (tertiary/aromatic N) is 2. The number of hydrogen-bond donors (Lipinski definition) is 2. The van der Waals surface area contributed by atoms with E-state index in [9.17, 15) is 4.39 Å². The number of para-hydroxylation sites is 1. The van der Waals surface area contributed by atoms with Gasteiger partial charge >= 0.3 is 0 Å². The molecule has 16 heavy (non-hydrogen) atoms. The number of nitrogens with one attached hydrogen (secondary N) is 1. The van der Waals surface area contributed by atoms with Crippen molar-refractivity contribution in [3.05, 3.63) is 41.4 Å². The molecule has 0 saturated heterocycles. The summed E-state index contributed by atoms with van der Waals surface area (Å²) in [7, 11) is 0. The van der Waals surface area contributed by atoms with Gasteiger partial charge in [0.25, 0.3) is 0 Å². The maximum absolute atomic E-state index is 13.3. The van der Waals surface area contributed by atoms with Crippen molar-refractivity contribution in [1.29, 1.82) is 0 Å². The number of nitrogens with two attached hydrogens (primary N) is 1. The smallest absolute Gasteiger partial charge is 0.154 e. The summed E-state index contributed by atoms with van der Waals surface area (Å²) in [4.78, 5) is 7.58. The lowest BCUT2D eigenvalue weighted by atomic mass is 10.3. The summed E-state index contributed by atoms with van der Waals surface area (Å²) in [5.41, 5.74) is 5.78. The van der Waals surface area contributed by atoms with E-state index in [0.29, 0.717) is 0 Å². The summed E-state index contributed by atoms with van der Waals surface area (Å²) in [6, 6.07) is 6.20. The minimum Gasteiger partial charge on any atom is -0.382 e. The highest BCUT2D eigenvalue weighted by atomic mass is 35.5. The van der Waals surface area contributed by atoms with Crippen LogP contribution in [0.4, 0.5) is 21.7 Å². The van der Waals surface area contributed by atoms with E-state index >= 15 is 0 Å². The van der Waals surface area contributed by atoms with Crippen LogP contribution in [-0.4, -0.2) is 9.97 Å². The molecule has 1 heterocycles. The van der Waals surface area contributed by atoms with E-state index in [1.807, 2.05) is 0 Å². The molecular formula is C10H8ClFN4. The standard InChI is InChI=1S/C10H8ClFN4/c11-8-9(13)14-5-15-10(8)16-7-4-2-1-3-6(7)12/h1-5H,(H3,13,14,15,16). The van der Waals surface area contributed by atoms with Gasteiger partial charge in [0, 0.05) is 0 Å². The topological polar surface area (TPSA) is 63.8 Å². The predicted octanol–water partition coefficient (Wildman–Crippen LogP) is 2.59. The molecule has 82 valence electrons. The van der Waals surface area contributed by atoms with Crippen molar-refractivity contribution in [1.82, 2.24) is 9.97 Å². The van der Waals surface area contributed by atoms with Crippen molar-refractivity contribution in [3.63, 3.8) is 0 Å². The van der Waals surface area contributed by atoms with Crippen molar-refractivity contribution < 1.29 is 4.39 Å². The van der Waals surface area contributed by atoms with E-state index in [1.165, 1.54) is 12.4 Å². The second kappa shape index (κ2) is 4.32. The zero-order valence-electron chi connectivity index (χ0n) is 8.11. The van der Waals surface area contributed by atoms with Gasteiger partial charge in [-0.15, -0.1) is 0 Å². The second-order valence-corrected chi connectivity index (χ2v) is 3.40. The molecule has 2 aromatic rings. The Balaban J connectivity index is 2.35. The van der Waals surface area contributed by atoms with Gasteiger partial charge in [-0.1, -0.05) is 23.7 Å². The fraction of sp³-hybridized carbons (Fsp3) is 0. The second-order valence-electron chi connectivity index (χ2n) is 3.03. The highest BCUT2D eigenvalue weighted by Crippen LogP contribution is 2.27. The number of rotatable bonds is 2. The molecule has 0 radical (unpaired) electrons. The molecule has 1 aromatic heterocycles. The third-order valence-corrected chi connectivity index (χ3v) is 2.32. The summed E-state index contributed by atoms with van der Waals surface area (Å²) in [5, 5.41) is 2.92. The van der Waals surface area contributed by atoms with E-state index in [-0.39, 0.29) is 22.3 Å². The number of hydrogen-bond acceptors (Lipinski definition) is 4. The normalized spacial score (nSPS) is 10.1. The highest BCUT2D eigenvalue weighted by Gasteiger charge is 2.08. The molecule has 0 atom stereocenters. The Morgan fingerprint density at radius 3 is 2.75 bits per heavy atom. The van der Waals surface area contributed by atoms with Crippen LogP contribution in [-0.2, 0) is 0 Å². The number of halogens is 2. The van der Waals surface area contributed by atoms with Crippen LogP contribution in [0.1, 0.15) is 0 Å². The maximum atomic E-state index is 13.3. The summed E-state index contributed by atoms with van der Waals surface area (Å²) in [6.45, 7) is 0. The molecule has 0 fully saturated rings. The van der Waals surface area contributed by atoms with Crippen LogP contribution in [0.3, 0.4) is 0 Å². The quantitative estimate of drug-likeness (QED) is 0.844. The summed E-state index contributed by atoms with van der Waals surface area (Å²) in [6.07, 6.45) is 1.25. The lowest BCUT2D eigenvalue weighted by Crippen LogP contribution is -2.00. The van der Waals surface area contributed by atoms with Gasteiger partial charge in [-0.25, -0.2) is 14.4 Å². The lowest BCUT2D eigenvalue weighted by molar-refractivity contribution is 0.632. The Hall–Kier alpha value is -1.88. The summed E-state index contributed by atoms with van der Waals surface area (Å²) < 4.78 is 13.3. The monoisotopic (exact) mass is 238 g/mol. The van der Waals surface area contributed by atoms with Crippen molar-refractivity contribution in [2.24, 2.45) is 0 Å². The zero-order chi connectivity index (χ0) is 11.5. The summed E-state index contributed by atoms with van der Waals surface area (Å²) >= 11 is 5.86. The van der Waals surface area contributed by atoms with E-state index in [1.54, 1.807) is 18.2 Å². The molecule has 4 nitrogen and oxygen atoms in total. The SMILES string of the molecule is Nc1ncnc(Nc2ccccc2F)c1Cl. The van der Waals surface area contributed by atoms with E-state index in [2.05, 4.69) is 15.3 Å². The Morgan fingerprint density at radius 1 is 1.25 bits per heavy atom. The number of nitrogen functional groups attached to an aromatic ring is 1. The molecule has 0 aliphatic carbocycles. The first-order valence-electron chi connectivity index (χ1n) is 4.46. The molecule has 0 saturated carbocycles. The fourth-order valence-corrected chi connectivity index (χ4v) is 1.31. The van der Waals surface area contributed by atoms with Crippen LogP contribution < -0.4 is 11.1 Å². The van der Waals surface area contributed by atoms with Crippen molar-refractivity contribution in [2.45, 2.75) is 0 Å². The number of aromatic nitrogens is 2. The summed E-state index contributed by atoms with van der Waals surface area (Å²) in [5.74, 6) is 0.0329. The Kier molecular flexibility index (Phi) is 2.87. The van der Waals surface area contributed by atoms with Gasteiger partial charge in [-0.2, -0.15) is 0 Å². The van der Waals surface area contributed by atoms with Gasteiger partial charge in [0.1, 0.15) is 23.0 Å². The van der Waals surface area contributed by atoms with Gasteiger partial charge in [-0.05, 0) is 12.1 Å². The van der Waals surface area contributed by atoms with Crippen LogP contribution in [0.2, 0.25) is 5.02 Å². The zero-order valence-corrected chi connectivity index (χ0v) is 8.87. The minimum atomic E-state index is -0.393. The fourth-order valence-electron chi connectivity index (χ4n) is 1.16. The first-order chi connectivity index (χ1) is 7.68. The van der Waals surface area contributed by atoms with Crippen LogP contribution in [0.5, 0.6) is 0 Å². The third kappa shape index (κ3) is 2.04. The first-order valence-corrected chi connectivity index (χ1v) is 4.84. The predicted molar refractivity (Wildman–Crippen MR) is 61.1 cm³/mol. The van der Waals surface area contributed by atoms with Crippen LogP contribution in [0, 0.1) is 5.82 Å². The molecule has 0 aliphatic rings. The highest BCUT2D eigenvalue weighted by molar-refractivity contribution is 6.35. The molecule has 2 rings (SSSR count). The molecule has 3 N–H and O–H groups in total. The van der Waals surface area contributed by atoms with Crippen molar-refractivity contribution in [3.8, 4) is 0 Å². The van der Waals surface area contributed by atoms with E-state index < -0.39 is 5.82 Å². The van der Waals surface area contributed by atoms with Crippen LogP contribution in [0.25, 0.3) is 0 Å². The van der Waals surface area contributed by atoms with Gasteiger partial charge in [0.15, 0.2) is 5.82 Å². The largest absolute Gasteiger partial charge is 0.382 e. The van der Waals surface area contributed by atoms with Gasteiger partial charge in [-0.3, -0.25) is 0 Å². The maximum Gasteiger partial charge on any atom is 0.154 e. The van der Waals surface area contributed by atoms with E-state index in [0.717, 1.165) is 0 Å². The van der Waals surface area contributed by atoms with Crippen molar-refractivity contribution in [2.75, 3.05) is 11.1 Å². The molecule has 0 bridgehead atoms. The molecule has 0 unspecified atom stereocenters. The first kappa shape index (κ1) is 10.6. The molecular weight excluding hydrogens is 231 g/mol. The Morgan fingerprint density at radius 2 is 2.00 bits per heavy atom. The van der Waals surface area contributed by atoms with Crippen LogP contribution >= 0.6 is 11.6 Å². The average molecular weight is 239 g/mol. The molecule has 0 aliphatic heterocycles. The Labute approximate surface area is 96.3 Å². The third-order valence-electron chi connectivity index (χ3n) is 1.94. The van der Waals surface area contributed by atoms with Crippen molar-refractivity contribution >= 4 is 28.9 Å². The molecule has 6 heteroatoms. The van der Waals surface area contributed by atoms with Gasteiger partial charge in [0.2, 0.25) is 0 Å². The van der Waals surface area contributed by atoms with Gasteiger partial charge in [0.05, 0.1) is 5.69 Å². The Bertz CT molecular complexity index is 518. The number of benzene rings is 1. The van der Waals surface area contributed by atoms with E-state index in [4.69, 9.17) is 17.3 Å². The minimum absolute atomic E-state index is 0.149. The van der Waals surface area contributed by atoms with Gasteiger partial charge < -0.3 is 11.1 Å². The van der Waals surface area contributed by atoms with Crippen LogP contribution in [0.15, 0.2) is 30.6 Å². The lowest BCUT2D eigenvalue weighted by Gasteiger charge is -2.08. The molecule has 0 amide bonds. The molecule has 0 spiro atoms.